The average Bonchev–Trinajstić information content (AvgIpc) is 3.02. The number of aromatic nitrogens is 1. The number of piperidine rings is 1. The van der Waals surface area contributed by atoms with E-state index in [9.17, 15) is 4.79 Å². The topological polar surface area (TPSA) is 54.5 Å². The van der Waals surface area contributed by atoms with Crippen LogP contribution in [0.4, 0.5) is 4.79 Å². The number of likely N-dealkylation sites (tertiary alicyclic amines) is 1. The molecule has 0 bridgehead atoms. The van der Waals surface area contributed by atoms with Crippen LogP contribution in [-0.2, 0) is 4.74 Å². The summed E-state index contributed by atoms with van der Waals surface area (Å²) < 4.78 is 6.21. The number of nitrogens with zero attached hydrogens (tertiary/aromatic N) is 2. The number of ether oxygens (including phenoxy) is 1. The highest BCUT2D eigenvalue weighted by Crippen LogP contribution is 2.35. The first kappa shape index (κ1) is 16.2. The van der Waals surface area contributed by atoms with Gasteiger partial charge in [-0.15, -0.1) is 11.3 Å². The van der Waals surface area contributed by atoms with Crippen LogP contribution in [0, 0.1) is 0 Å². The van der Waals surface area contributed by atoms with Gasteiger partial charge in [0.25, 0.3) is 0 Å². The number of urea groups is 1. The predicted molar refractivity (Wildman–Crippen MR) is 92.8 cm³/mol. The average molecular weight is 333 g/mol. The van der Waals surface area contributed by atoms with E-state index < -0.39 is 0 Å². The molecule has 1 aromatic heterocycles. The maximum atomic E-state index is 12.5. The van der Waals surface area contributed by atoms with Gasteiger partial charge in [0.2, 0.25) is 0 Å². The molecule has 2 aromatic rings. The van der Waals surface area contributed by atoms with Gasteiger partial charge in [0.05, 0.1) is 16.3 Å². The van der Waals surface area contributed by atoms with Crippen molar-refractivity contribution in [3.8, 4) is 0 Å². The first-order chi connectivity index (χ1) is 11.3. The number of thiazole rings is 1. The van der Waals surface area contributed by atoms with E-state index in [4.69, 9.17) is 9.72 Å². The molecule has 2 heterocycles. The molecule has 0 saturated carbocycles. The van der Waals surface area contributed by atoms with Crippen LogP contribution in [0.3, 0.4) is 0 Å². The van der Waals surface area contributed by atoms with Gasteiger partial charge in [0, 0.05) is 26.8 Å². The number of hydrogen-bond donors (Lipinski definition) is 1. The van der Waals surface area contributed by atoms with Crippen molar-refractivity contribution in [1.29, 1.82) is 0 Å². The van der Waals surface area contributed by atoms with Crippen LogP contribution in [0.1, 0.15) is 36.7 Å². The number of methoxy groups -OCH3 is 1. The summed E-state index contributed by atoms with van der Waals surface area (Å²) in [7, 11) is 1.68. The molecule has 1 saturated heterocycles. The van der Waals surface area contributed by atoms with Gasteiger partial charge >= 0.3 is 6.03 Å². The second kappa shape index (κ2) is 7.75. The van der Waals surface area contributed by atoms with Gasteiger partial charge in [-0.25, -0.2) is 9.78 Å². The number of fused-ring (bicyclic) bond motifs is 1. The minimum atomic E-state index is 0.0186. The number of benzene rings is 1. The van der Waals surface area contributed by atoms with Gasteiger partial charge in [0.15, 0.2) is 0 Å². The van der Waals surface area contributed by atoms with Crippen molar-refractivity contribution in [1.82, 2.24) is 15.2 Å². The predicted octanol–water partition coefficient (Wildman–Crippen LogP) is 3.57. The van der Waals surface area contributed by atoms with Crippen LogP contribution in [0.5, 0.6) is 0 Å². The molecule has 0 unspecified atom stereocenters. The Kier molecular flexibility index (Phi) is 5.46. The Morgan fingerprint density at radius 1 is 1.43 bits per heavy atom. The first-order valence-corrected chi connectivity index (χ1v) is 9.00. The van der Waals surface area contributed by atoms with Crippen LogP contribution in [0.25, 0.3) is 10.2 Å². The van der Waals surface area contributed by atoms with Crippen LogP contribution in [0.2, 0.25) is 0 Å². The summed E-state index contributed by atoms with van der Waals surface area (Å²) in [6, 6.07) is 8.29. The lowest BCUT2D eigenvalue weighted by atomic mass is 10.0. The molecule has 1 aromatic carbocycles. The van der Waals surface area contributed by atoms with Gasteiger partial charge in [0.1, 0.15) is 5.01 Å². The van der Waals surface area contributed by atoms with Crippen molar-refractivity contribution in [2.45, 2.75) is 31.7 Å². The van der Waals surface area contributed by atoms with Gasteiger partial charge in [-0.2, -0.15) is 0 Å². The standard InChI is InChI=1S/C17H23N3O2S/c1-22-12-6-10-18-17(21)20-11-5-4-8-14(20)16-19-13-7-2-3-9-15(13)23-16/h2-3,7,9,14H,4-6,8,10-12H2,1H3,(H,18,21)/t14-/m1/s1. The normalized spacial score (nSPS) is 18.3. The summed E-state index contributed by atoms with van der Waals surface area (Å²) in [5, 5.41) is 4.06. The molecule has 3 rings (SSSR count). The Bertz CT molecular complexity index is 625. The van der Waals surface area contributed by atoms with Crippen LogP contribution in [-0.4, -0.2) is 42.7 Å². The van der Waals surface area contributed by atoms with Gasteiger partial charge in [-0.1, -0.05) is 12.1 Å². The van der Waals surface area contributed by atoms with E-state index in [1.807, 2.05) is 23.1 Å². The van der Waals surface area contributed by atoms with E-state index in [-0.39, 0.29) is 12.1 Å². The highest BCUT2D eigenvalue weighted by atomic mass is 32.1. The minimum absolute atomic E-state index is 0.0186. The molecule has 124 valence electrons. The highest BCUT2D eigenvalue weighted by molar-refractivity contribution is 7.18. The lowest BCUT2D eigenvalue weighted by Crippen LogP contribution is -2.45. The zero-order valence-corrected chi connectivity index (χ0v) is 14.3. The maximum absolute atomic E-state index is 12.5. The summed E-state index contributed by atoms with van der Waals surface area (Å²) in [5.41, 5.74) is 1.03. The van der Waals surface area contributed by atoms with Crippen LogP contribution >= 0.6 is 11.3 Å². The Hall–Kier alpha value is -1.66. The van der Waals surface area contributed by atoms with Crippen molar-refractivity contribution in [2.24, 2.45) is 0 Å². The Labute approximate surface area is 140 Å². The lowest BCUT2D eigenvalue weighted by molar-refractivity contribution is 0.149. The third kappa shape index (κ3) is 3.82. The quantitative estimate of drug-likeness (QED) is 0.851. The summed E-state index contributed by atoms with van der Waals surface area (Å²) in [5.74, 6) is 0. The number of hydrogen-bond acceptors (Lipinski definition) is 4. The molecule has 2 amide bonds. The molecule has 0 aliphatic carbocycles. The third-order valence-corrected chi connectivity index (χ3v) is 5.30. The largest absolute Gasteiger partial charge is 0.385 e. The van der Waals surface area contributed by atoms with E-state index in [1.54, 1.807) is 18.4 Å². The molecule has 1 fully saturated rings. The number of rotatable bonds is 5. The molecule has 0 radical (unpaired) electrons. The molecule has 0 spiro atoms. The summed E-state index contributed by atoms with van der Waals surface area (Å²) in [6.07, 6.45) is 4.04. The lowest BCUT2D eigenvalue weighted by Gasteiger charge is -2.34. The summed E-state index contributed by atoms with van der Waals surface area (Å²) >= 11 is 1.70. The summed E-state index contributed by atoms with van der Waals surface area (Å²) in [4.78, 5) is 19.2. The van der Waals surface area contributed by atoms with Gasteiger partial charge in [-0.05, 0) is 37.8 Å². The third-order valence-electron chi connectivity index (χ3n) is 4.16. The van der Waals surface area contributed by atoms with Crippen LogP contribution in [0.15, 0.2) is 24.3 Å². The molecular formula is C17H23N3O2S. The fourth-order valence-electron chi connectivity index (χ4n) is 2.98. The fourth-order valence-corrected chi connectivity index (χ4v) is 4.09. The number of amides is 2. The van der Waals surface area contributed by atoms with Crippen molar-refractivity contribution in [2.75, 3.05) is 26.8 Å². The van der Waals surface area contributed by atoms with Crippen molar-refractivity contribution in [3.63, 3.8) is 0 Å². The van der Waals surface area contributed by atoms with Gasteiger partial charge < -0.3 is 15.0 Å². The van der Waals surface area contributed by atoms with E-state index in [1.165, 1.54) is 4.70 Å². The molecule has 23 heavy (non-hydrogen) atoms. The molecule has 1 atom stereocenters. The van der Waals surface area contributed by atoms with Crippen molar-refractivity contribution < 1.29 is 9.53 Å². The molecular weight excluding hydrogens is 310 g/mol. The van der Waals surface area contributed by atoms with E-state index in [2.05, 4.69) is 11.4 Å². The molecule has 1 N–H and O–H groups in total. The SMILES string of the molecule is COCCCNC(=O)N1CCCC[C@@H]1c1nc2ccccc2s1. The number of carbonyl (C=O) groups excluding carboxylic acids is 1. The Morgan fingerprint density at radius 3 is 3.13 bits per heavy atom. The molecule has 6 heteroatoms. The number of para-hydroxylation sites is 1. The van der Waals surface area contributed by atoms with Crippen molar-refractivity contribution in [3.05, 3.63) is 29.3 Å². The Balaban J connectivity index is 1.71. The monoisotopic (exact) mass is 333 g/mol. The number of nitrogens with one attached hydrogen (secondary N) is 1. The zero-order valence-electron chi connectivity index (χ0n) is 13.5. The maximum Gasteiger partial charge on any atom is 0.317 e. The van der Waals surface area contributed by atoms with E-state index >= 15 is 0 Å². The second-order valence-corrected chi connectivity index (χ2v) is 6.87. The minimum Gasteiger partial charge on any atom is -0.385 e. The molecule has 1 aliphatic rings. The fraction of sp³-hybridized carbons (Fsp3) is 0.529. The second-order valence-electron chi connectivity index (χ2n) is 5.80. The highest BCUT2D eigenvalue weighted by Gasteiger charge is 2.30. The first-order valence-electron chi connectivity index (χ1n) is 8.18. The Morgan fingerprint density at radius 2 is 2.30 bits per heavy atom. The van der Waals surface area contributed by atoms with Crippen LogP contribution < -0.4 is 5.32 Å². The van der Waals surface area contributed by atoms with Crippen molar-refractivity contribution >= 4 is 27.6 Å². The zero-order chi connectivity index (χ0) is 16.1. The summed E-state index contributed by atoms with van der Waals surface area (Å²) in [6.45, 7) is 2.12. The van der Waals surface area contributed by atoms with E-state index in [0.29, 0.717) is 13.2 Å². The smallest absolute Gasteiger partial charge is 0.317 e. The molecule has 1 aliphatic heterocycles. The van der Waals surface area contributed by atoms with E-state index in [0.717, 1.165) is 42.8 Å². The van der Waals surface area contributed by atoms with Gasteiger partial charge in [-0.3, -0.25) is 0 Å². The number of carbonyl (C=O) groups is 1. The molecule has 5 nitrogen and oxygen atoms in total.